The number of hydrogen-bond donors (Lipinski definition) is 1. The lowest BCUT2D eigenvalue weighted by molar-refractivity contribution is -0.137. The molecule has 0 atom stereocenters. The average molecular weight is 331 g/mol. The first-order chi connectivity index (χ1) is 10.5. The van der Waals surface area contributed by atoms with Crippen molar-refractivity contribution in [1.29, 1.82) is 0 Å². The lowest BCUT2D eigenvalue weighted by Gasteiger charge is -2.24. The second-order valence-corrected chi connectivity index (χ2v) is 5.99. The Labute approximate surface area is 130 Å². The molecule has 4 nitrogen and oxygen atoms in total. The molecule has 0 bridgehead atoms. The van der Waals surface area contributed by atoms with Crippen molar-refractivity contribution < 1.29 is 18.0 Å². The van der Waals surface area contributed by atoms with Gasteiger partial charge in [-0.05, 0) is 6.07 Å². The van der Waals surface area contributed by atoms with Crippen LogP contribution in [0.15, 0.2) is 29.4 Å². The number of rotatable bonds is 4. The zero-order valence-electron chi connectivity index (χ0n) is 11.8. The van der Waals surface area contributed by atoms with Crippen molar-refractivity contribution in [1.82, 2.24) is 10.3 Å². The molecule has 1 heterocycles. The Morgan fingerprint density at radius 1 is 1.32 bits per heavy atom. The molecule has 1 fully saturated rings. The number of nitrogens with zero attached hydrogens (tertiary/aromatic N) is 2. The van der Waals surface area contributed by atoms with Crippen LogP contribution in [0.3, 0.4) is 0 Å². The Balaban J connectivity index is 1.91. The van der Waals surface area contributed by atoms with Crippen molar-refractivity contribution >= 4 is 23.9 Å². The second kappa shape index (κ2) is 7.64. The highest BCUT2D eigenvalue weighted by atomic mass is 32.2. The summed E-state index contributed by atoms with van der Waals surface area (Å²) in [6.45, 7) is 1.87. The topological polar surface area (TPSA) is 44.7 Å². The number of halogens is 3. The van der Waals surface area contributed by atoms with Gasteiger partial charge in [0.2, 0.25) is 0 Å². The van der Waals surface area contributed by atoms with Crippen LogP contribution in [0, 0.1) is 0 Å². The highest BCUT2D eigenvalue weighted by Gasteiger charge is 2.32. The van der Waals surface area contributed by atoms with Gasteiger partial charge < -0.3 is 0 Å². The SMILES string of the molecule is O=C(CN1CCSCC1)N/N=C/c1ccccc1C(F)(F)F. The van der Waals surface area contributed by atoms with Gasteiger partial charge in [0.1, 0.15) is 0 Å². The van der Waals surface area contributed by atoms with Crippen LogP contribution in [0.4, 0.5) is 13.2 Å². The van der Waals surface area contributed by atoms with Crippen molar-refractivity contribution in [2.24, 2.45) is 5.10 Å². The fourth-order valence-corrected chi connectivity index (χ4v) is 3.02. The summed E-state index contributed by atoms with van der Waals surface area (Å²) in [6, 6.07) is 5.09. The number of carbonyl (C=O) groups excluding carboxylic acids is 1. The molecule has 0 aliphatic carbocycles. The van der Waals surface area contributed by atoms with Crippen molar-refractivity contribution in [3.05, 3.63) is 35.4 Å². The number of alkyl halides is 3. The van der Waals surface area contributed by atoms with E-state index in [1.807, 2.05) is 16.7 Å². The number of carbonyl (C=O) groups is 1. The van der Waals surface area contributed by atoms with E-state index in [9.17, 15) is 18.0 Å². The molecule has 0 unspecified atom stereocenters. The molecule has 1 aliphatic heterocycles. The Morgan fingerprint density at radius 2 is 2.00 bits per heavy atom. The van der Waals surface area contributed by atoms with Gasteiger partial charge in [-0.1, -0.05) is 18.2 Å². The zero-order valence-corrected chi connectivity index (χ0v) is 12.6. The maximum atomic E-state index is 12.8. The first kappa shape index (κ1) is 16.8. The number of benzene rings is 1. The lowest BCUT2D eigenvalue weighted by Crippen LogP contribution is -2.40. The van der Waals surface area contributed by atoms with E-state index in [0.717, 1.165) is 36.9 Å². The van der Waals surface area contributed by atoms with Crippen LogP contribution in [0.2, 0.25) is 0 Å². The number of hydrogen-bond acceptors (Lipinski definition) is 4. The molecular formula is C14H16F3N3OS. The van der Waals surface area contributed by atoms with Crippen molar-refractivity contribution in [3.8, 4) is 0 Å². The largest absolute Gasteiger partial charge is 0.417 e. The van der Waals surface area contributed by atoms with Gasteiger partial charge in [0, 0.05) is 30.2 Å². The Bertz CT molecular complexity index is 542. The molecule has 120 valence electrons. The molecule has 1 aliphatic rings. The van der Waals surface area contributed by atoms with E-state index in [4.69, 9.17) is 0 Å². The fraction of sp³-hybridized carbons (Fsp3) is 0.429. The van der Waals surface area contributed by atoms with Crippen LogP contribution in [0.25, 0.3) is 0 Å². The highest BCUT2D eigenvalue weighted by Crippen LogP contribution is 2.30. The molecule has 8 heteroatoms. The molecule has 0 radical (unpaired) electrons. The summed E-state index contributed by atoms with van der Waals surface area (Å²) in [5.41, 5.74) is 1.42. The number of thioether (sulfide) groups is 1. The van der Waals surface area contributed by atoms with Gasteiger partial charge in [-0.2, -0.15) is 30.0 Å². The summed E-state index contributed by atoms with van der Waals surface area (Å²) >= 11 is 1.84. The number of amides is 1. The van der Waals surface area contributed by atoms with Crippen molar-refractivity contribution in [3.63, 3.8) is 0 Å². The van der Waals surface area contributed by atoms with E-state index in [1.54, 1.807) is 0 Å². The third-order valence-electron chi connectivity index (χ3n) is 3.13. The van der Waals surface area contributed by atoms with Crippen molar-refractivity contribution in [2.45, 2.75) is 6.18 Å². The van der Waals surface area contributed by atoms with Crippen LogP contribution in [0.5, 0.6) is 0 Å². The predicted octanol–water partition coefficient (Wildman–Crippen LogP) is 2.20. The maximum absolute atomic E-state index is 12.8. The van der Waals surface area contributed by atoms with Gasteiger partial charge in [-0.25, -0.2) is 5.43 Å². The van der Waals surface area contributed by atoms with E-state index in [-0.39, 0.29) is 18.0 Å². The standard InChI is InChI=1S/C14H16F3N3OS/c15-14(16,17)12-4-2-1-3-11(12)9-18-19-13(21)10-20-5-7-22-8-6-20/h1-4,9H,5-8,10H2,(H,19,21)/b18-9+. The maximum Gasteiger partial charge on any atom is 0.417 e. The third-order valence-corrected chi connectivity index (χ3v) is 4.07. The third kappa shape index (κ3) is 5.03. The van der Waals surface area contributed by atoms with Gasteiger partial charge in [-0.15, -0.1) is 0 Å². The average Bonchev–Trinajstić information content (AvgIpc) is 2.48. The molecule has 1 saturated heterocycles. The van der Waals surface area contributed by atoms with Crippen LogP contribution in [0.1, 0.15) is 11.1 Å². The van der Waals surface area contributed by atoms with Gasteiger partial charge >= 0.3 is 6.18 Å². The summed E-state index contributed by atoms with van der Waals surface area (Å²) in [5.74, 6) is 1.64. The Morgan fingerprint density at radius 3 is 2.68 bits per heavy atom. The first-order valence-corrected chi connectivity index (χ1v) is 7.90. The molecule has 1 aromatic carbocycles. The van der Waals surface area contributed by atoms with Gasteiger partial charge in [0.15, 0.2) is 0 Å². The summed E-state index contributed by atoms with van der Waals surface area (Å²) < 4.78 is 38.4. The van der Waals surface area contributed by atoms with Gasteiger partial charge in [0.05, 0.1) is 18.3 Å². The Hall–Kier alpha value is -1.54. The van der Waals surface area contributed by atoms with Crippen LogP contribution >= 0.6 is 11.8 Å². The normalized spacial score (nSPS) is 16.9. The van der Waals surface area contributed by atoms with E-state index < -0.39 is 11.7 Å². The van der Waals surface area contributed by atoms with Crippen LogP contribution in [-0.4, -0.2) is 48.2 Å². The quantitative estimate of drug-likeness (QED) is 0.680. The van der Waals surface area contributed by atoms with Crippen molar-refractivity contribution in [2.75, 3.05) is 31.1 Å². The summed E-state index contributed by atoms with van der Waals surface area (Å²) in [6.07, 6.45) is -3.43. The molecule has 1 amide bonds. The fourth-order valence-electron chi connectivity index (χ4n) is 2.04. The number of nitrogens with one attached hydrogen (secondary N) is 1. The lowest BCUT2D eigenvalue weighted by atomic mass is 10.1. The molecule has 22 heavy (non-hydrogen) atoms. The molecular weight excluding hydrogens is 315 g/mol. The smallest absolute Gasteiger partial charge is 0.293 e. The zero-order chi connectivity index (χ0) is 16.0. The van der Waals surface area contributed by atoms with E-state index in [0.29, 0.717) is 0 Å². The van der Waals surface area contributed by atoms with E-state index in [2.05, 4.69) is 10.5 Å². The van der Waals surface area contributed by atoms with Crippen LogP contribution in [-0.2, 0) is 11.0 Å². The molecule has 0 spiro atoms. The summed E-state index contributed by atoms with van der Waals surface area (Å²) in [7, 11) is 0. The summed E-state index contributed by atoms with van der Waals surface area (Å²) in [4.78, 5) is 13.7. The molecule has 0 saturated carbocycles. The molecule has 1 aromatic rings. The van der Waals surface area contributed by atoms with Crippen LogP contribution < -0.4 is 5.43 Å². The monoisotopic (exact) mass is 331 g/mol. The minimum Gasteiger partial charge on any atom is -0.293 e. The molecule has 2 rings (SSSR count). The highest BCUT2D eigenvalue weighted by molar-refractivity contribution is 7.99. The molecule has 1 N–H and O–H groups in total. The van der Waals surface area contributed by atoms with Gasteiger partial charge in [0.25, 0.3) is 5.91 Å². The predicted molar refractivity (Wildman–Crippen MR) is 80.9 cm³/mol. The minimum absolute atomic E-state index is 0.0790. The second-order valence-electron chi connectivity index (χ2n) is 4.77. The molecule has 0 aromatic heterocycles. The first-order valence-electron chi connectivity index (χ1n) is 6.75. The Kier molecular flexibility index (Phi) is 5.84. The summed E-state index contributed by atoms with van der Waals surface area (Å²) in [5, 5.41) is 3.62. The van der Waals surface area contributed by atoms with E-state index in [1.165, 1.54) is 18.2 Å². The van der Waals surface area contributed by atoms with Gasteiger partial charge in [-0.3, -0.25) is 9.69 Å². The number of hydrazone groups is 1. The minimum atomic E-state index is -4.45. The van der Waals surface area contributed by atoms with E-state index >= 15 is 0 Å².